The second-order valence-corrected chi connectivity index (χ2v) is 3.86. The minimum atomic E-state index is -1.15. The minimum absolute atomic E-state index is 0.111. The molecule has 1 atom stereocenters. The van der Waals surface area contributed by atoms with Crippen LogP contribution < -0.4 is 10.6 Å². The SMILES string of the molecule is CC[C@H](NC(=O)NCc1ccc(F)cc1F)C(=O)O. The summed E-state index contributed by atoms with van der Waals surface area (Å²) >= 11 is 0. The third-order valence-electron chi connectivity index (χ3n) is 2.47. The standard InChI is InChI=1S/C12H14F2N2O3/c1-2-10(11(17)18)16-12(19)15-6-7-3-4-8(13)5-9(7)14/h3-5,10H,2,6H2,1H3,(H,17,18)(H2,15,16,19)/t10-/m0/s1. The maximum absolute atomic E-state index is 13.3. The lowest BCUT2D eigenvalue weighted by molar-refractivity contribution is -0.139. The molecule has 7 heteroatoms. The van der Waals surface area contributed by atoms with Gasteiger partial charge >= 0.3 is 12.0 Å². The van der Waals surface area contributed by atoms with Crippen molar-refractivity contribution in [2.45, 2.75) is 25.9 Å². The Labute approximate surface area is 108 Å². The zero-order chi connectivity index (χ0) is 14.4. The molecule has 104 valence electrons. The van der Waals surface area contributed by atoms with Gasteiger partial charge in [-0.1, -0.05) is 13.0 Å². The number of carbonyl (C=O) groups is 2. The first kappa shape index (κ1) is 14.9. The van der Waals surface area contributed by atoms with Crippen LogP contribution in [0.25, 0.3) is 0 Å². The number of benzene rings is 1. The molecule has 0 spiro atoms. The summed E-state index contributed by atoms with van der Waals surface area (Å²) in [4.78, 5) is 22.1. The molecule has 1 rings (SSSR count). The van der Waals surface area contributed by atoms with Crippen molar-refractivity contribution in [1.29, 1.82) is 0 Å². The van der Waals surface area contributed by atoms with Gasteiger partial charge in [-0.15, -0.1) is 0 Å². The summed E-state index contributed by atoms with van der Waals surface area (Å²) in [6, 6.07) is 1.26. The van der Waals surface area contributed by atoms with E-state index in [1.807, 2.05) is 0 Å². The van der Waals surface area contributed by atoms with E-state index in [0.717, 1.165) is 6.07 Å². The minimum Gasteiger partial charge on any atom is -0.480 e. The van der Waals surface area contributed by atoms with E-state index in [-0.39, 0.29) is 18.5 Å². The molecule has 19 heavy (non-hydrogen) atoms. The third kappa shape index (κ3) is 4.53. The van der Waals surface area contributed by atoms with E-state index in [0.29, 0.717) is 6.07 Å². The van der Waals surface area contributed by atoms with Crippen molar-refractivity contribution in [3.8, 4) is 0 Å². The molecule has 0 aliphatic heterocycles. The van der Waals surface area contributed by atoms with Crippen molar-refractivity contribution in [3.63, 3.8) is 0 Å². The molecule has 0 saturated carbocycles. The van der Waals surface area contributed by atoms with Crippen LogP contribution in [0.15, 0.2) is 18.2 Å². The highest BCUT2D eigenvalue weighted by molar-refractivity contribution is 5.82. The zero-order valence-corrected chi connectivity index (χ0v) is 10.2. The first-order chi connectivity index (χ1) is 8.93. The van der Waals surface area contributed by atoms with Crippen molar-refractivity contribution in [3.05, 3.63) is 35.4 Å². The summed E-state index contributed by atoms with van der Waals surface area (Å²) in [6.07, 6.45) is 0.230. The van der Waals surface area contributed by atoms with Crippen LogP contribution in [0.5, 0.6) is 0 Å². The van der Waals surface area contributed by atoms with Crippen LogP contribution in [-0.4, -0.2) is 23.1 Å². The first-order valence-electron chi connectivity index (χ1n) is 5.65. The van der Waals surface area contributed by atoms with E-state index in [4.69, 9.17) is 5.11 Å². The van der Waals surface area contributed by atoms with Gasteiger partial charge in [0.05, 0.1) is 0 Å². The topological polar surface area (TPSA) is 78.4 Å². The number of rotatable bonds is 5. The molecular formula is C12H14F2N2O3. The smallest absolute Gasteiger partial charge is 0.326 e. The fourth-order valence-electron chi connectivity index (χ4n) is 1.39. The maximum Gasteiger partial charge on any atom is 0.326 e. The molecule has 1 aromatic rings. The van der Waals surface area contributed by atoms with Gasteiger partial charge < -0.3 is 15.7 Å². The fraction of sp³-hybridized carbons (Fsp3) is 0.333. The number of hydrogen-bond acceptors (Lipinski definition) is 2. The van der Waals surface area contributed by atoms with Crippen molar-refractivity contribution >= 4 is 12.0 Å². The summed E-state index contributed by atoms with van der Waals surface area (Å²) < 4.78 is 25.9. The van der Waals surface area contributed by atoms with Gasteiger partial charge in [0.25, 0.3) is 0 Å². The van der Waals surface area contributed by atoms with Gasteiger partial charge in [-0.05, 0) is 12.5 Å². The Kier molecular flexibility index (Phi) is 5.23. The number of carbonyl (C=O) groups excluding carboxylic acids is 1. The molecule has 2 amide bonds. The van der Waals surface area contributed by atoms with E-state index in [2.05, 4.69) is 10.6 Å². The Morgan fingerprint density at radius 1 is 1.37 bits per heavy atom. The highest BCUT2D eigenvalue weighted by Gasteiger charge is 2.17. The second-order valence-electron chi connectivity index (χ2n) is 3.86. The summed E-state index contributed by atoms with van der Waals surface area (Å²) in [5, 5.41) is 13.3. The summed E-state index contributed by atoms with van der Waals surface area (Å²) in [6.45, 7) is 1.45. The lowest BCUT2D eigenvalue weighted by Gasteiger charge is -2.13. The van der Waals surface area contributed by atoms with Crippen LogP contribution in [0, 0.1) is 11.6 Å². The van der Waals surface area contributed by atoms with Crippen molar-refractivity contribution < 1.29 is 23.5 Å². The molecule has 1 aromatic carbocycles. The zero-order valence-electron chi connectivity index (χ0n) is 10.2. The van der Waals surface area contributed by atoms with E-state index < -0.39 is 29.7 Å². The molecule has 0 fully saturated rings. The number of halogens is 2. The Balaban J connectivity index is 2.52. The molecule has 0 radical (unpaired) electrons. The largest absolute Gasteiger partial charge is 0.480 e. The fourth-order valence-corrected chi connectivity index (χ4v) is 1.39. The van der Waals surface area contributed by atoms with Gasteiger partial charge in [-0.25, -0.2) is 18.4 Å². The van der Waals surface area contributed by atoms with Crippen LogP contribution in [0.3, 0.4) is 0 Å². The predicted octanol–water partition coefficient (Wildman–Crippen LogP) is 1.63. The summed E-state index contributed by atoms with van der Waals surface area (Å²) in [5.74, 6) is -2.63. The van der Waals surface area contributed by atoms with Gasteiger partial charge in [0.1, 0.15) is 17.7 Å². The predicted molar refractivity (Wildman–Crippen MR) is 63.4 cm³/mol. The molecule has 0 aliphatic rings. The van der Waals surface area contributed by atoms with E-state index in [1.165, 1.54) is 6.07 Å². The maximum atomic E-state index is 13.3. The number of urea groups is 1. The number of amides is 2. The summed E-state index contributed by atoms with van der Waals surface area (Å²) in [7, 11) is 0. The van der Waals surface area contributed by atoms with Crippen molar-refractivity contribution in [2.24, 2.45) is 0 Å². The molecule has 3 N–H and O–H groups in total. The highest BCUT2D eigenvalue weighted by atomic mass is 19.1. The van der Waals surface area contributed by atoms with Gasteiger partial charge in [-0.2, -0.15) is 0 Å². The van der Waals surface area contributed by atoms with Gasteiger partial charge in [0.15, 0.2) is 0 Å². The van der Waals surface area contributed by atoms with Crippen LogP contribution in [0.1, 0.15) is 18.9 Å². The lowest BCUT2D eigenvalue weighted by atomic mass is 10.2. The lowest BCUT2D eigenvalue weighted by Crippen LogP contribution is -2.45. The number of carboxylic acids is 1. The van der Waals surface area contributed by atoms with Crippen LogP contribution >= 0.6 is 0 Å². The average Bonchev–Trinajstić information content (AvgIpc) is 2.34. The Bertz CT molecular complexity index is 480. The third-order valence-corrected chi connectivity index (χ3v) is 2.47. The normalized spacial score (nSPS) is 11.7. The summed E-state index contributed by atoms with van der Waals surface area (Å²) in [5.41, 5.74) is 0.111. The van der Waals surface area contributed by atoms with Crippen molar-refractivity contribution in [1.82, 2.24) is 10.6 Å². The Morgan fingerprint density at radius 2 is 2.05 bits per heavy atom. The van der Waals surface area contributed by atoms with Gasteiger partial charge in [0.2, 0.25) is 0 Å². The van der Waals surface area contributed by atoms with Gasteiger partial charge in [0, 0.05) is 18.2 Å². The van der Waals surface area contributed by atoms with E-state index >= 15 is 0 Å². The number of hydrogen-bond donors (Lipinski definition) is 3. The van der Waals surface area contributed by atoms with Crippen LogP contribution in [-0.2, 0) is 11.3 Å². The number of nitrogens with one attached hydrogen (secondary N) is 2. The molecular weight excluding hydrogens is 258 g/mol. The van der Waals surface area contributed by atoms with Crippen molar-refractivity contribution in [2.75, 3.05) is 0 Å². The van der Waals surface area contributed by atoms with Gasteiger partial charge in [-0.3, -0.25) is 0 Å². The Hall–Kier alpha value is -2.18. The number of aliphatic carboxylic acids is 1. The quantitative estimate of drug-likeness (QED) is 0.762. The number of carboxylic acid groups (broad SMARTS) is 1. The molecule has 0 saturated heterocycles. The first-order valence-corrected chi connectivity index (χ1v) is 5.65. The average molecular weight is 272 g/mol. The van der Waals surface area contributed by atoms with E-state index in [1.54, 1.807) is 6.92 Å². The molecule has 0 aromatic heterocycles. The second kappa shape index (κ2) is 6.67. The Morgan fingerprint density at radius 3 is 2.58 bits per heavy atom. The van der Waals surface area contributed by atoms with E-state index in [9.17, 15) is 18.4 Å². The monoisotopic (exact) mass is 272 g/mol. The molecule has 5 nitrogen and oxygen atoms in total. The molecule has 0 aliphatic carbocycles. The molecule has 0 unspecified atom stereocenters. The van der Waals surface area contributed by atoms with Crippen LogP contribution in [0.4, 0.5) is 13.6 Å². The van der Waals surface area contributed by atoms with Crippen LogP contribution in [0.2, 0.25) is 0 Å². The highest BCUT2D eigenvalue weighted by Crippen LogP contribution is 2.08. The molecule has 0 bridgehead atoms. The molecule has 0 heterocycles.